The lowest BCUT2D eigenvalue weighted by Crippen LogP contribution is -1.98. The van der Waals surface area contributed by atoms with Crippen LogP contribution in [0.1, 0.15) is 11.1 Å². The molecule has 3 nitrogen and oxygen atoms in total. The Bertz CT molecular complexity index is 631. The van der Waals surface area contributed by atoms with Gasteiger partial charge in [0.05, 0.1) is 4.90 Å². The Labute approximate surface area is 120 Å². The average molecular weight is 374 g/mol. The zero-order valence-electron chi connectivity index (χ0n) is 9.38. The maximum Gasteiger partial charge on any atom is 0.294 e. The fourth-order valence-corrected chi connectivity index (χ4v) is 2.46. The number of hydrogen-bond acceptors (Lipinski definition) is 2. The van der Waals surface area contributed by atoms with Gasteiger partial charge in [0.2, 0.25) is 0 Å². The minimum atomic E-state index is -4.10. The summed E-state index contributed by atoms with van der Waals surface area (Å²) in [4.78, 5) is -0.0751. The molecule has 0 amide bonds. The maximum absolute atomic E-state index is 10.9. The zero-order chi connectivity index (χ0) is 13.2. The normalized spacial score (nSPS) is 11.4. The summed E-state index contributed by atoms with van der Waals surface area (Å²) in [7, 11) is -4.10. The van der Waals surface area contributed by atoms with Gasteiger partial charge in [0.25, 0.3) is 10.1 Å². The minimum absolute atomic E-state index is 0.0751. The molecule has 0 saturated carbocycles. The van der Waals surface area contributed by atoms with Crippen LogP contribution in [0.4, 0.5) is 0 Å². The lowest BCUT2D eigenvalue weighted by atomic mass is 10.1. The van der Waals surface area contributed by atoms with Crippen LogP contribution < -0.4 is 0 Å². The summed E-state index contributed by atoms with van der Waals surface area (Å²) in [6.07, 6.45) is 0.739. The molecule has 0 aliphatic heterocycles. The van der Waals surface area contributed by atoms with Gasteiger partial charge in [-0.05, 0) is 64.4 Å². The second-order valence-electron chi connectivity index (χ2n) is 3.92. The van der Waals surface area contributed by atoms with E-state index in [1.165, 1.54) is 15.7 Å². The topological polar surface area (TPSA) is 54.4 Å². The maximum atomic E-state index is 10.9. The first kappa shape index (κ1) is 13.5. The Morgan fingerprint density at radius 2 is 1.33 bits per heavy atom. The molecule has 2 aromatic rings. The van der Waals surface area contributed by atoms with Crippen molar-refractivity contribution in [2.45, 2.75) is 11.3 Å². The second kappa shape index (κ2) is 5.38. The lowest BCUT2D eigenvalue weighted by molar-refractivity contribution is 0.483. The van der Waals surface area contributed by atoms with Crippen LogP contribution in [0.2, 0.25) is 0 Å². The second-order valence-corrected chi connectivity index (χ2v) is 6.59. The summed E-state index contributed by atoms with van der Waals surface area (Å²) in [6.45, 7) is 0. The molecular formula is C13H11IO3S. The van der Waals surface area contributed by atoms with Gasteiger partial charge in [0, 0.05) is 3.57 Å². The Balaban J connectivity index is 2.18. The third-order valence-corrected chi connectivity index (χ3v) is 4.13. The Morgan fingerprint density at radius 3 is 1.78 bits per heavy atom. The van der Waals surface area contributed by atoms with E-state index in [0.717, 1.165) is 17.5 Å². The quantitative estimate of drug-likeness (QED) is 0.664. The molecule has 0 atom stereocenters. The Morgan fingerprint density at radius 1 is 0.889 bits per heavy atom. The van der Waals surface area contributed by atoms with E-state index in [2.05, 4.69) is 22.6 Å². The molecular weight excluding hydrogens is 363 g/mol. The number of rotatable bonds is 3. The van der Waals surface area contributed by atoms with Gasteiger partial charge in [-0.3, -0.25) is 4.55 Å². The average Bonchev–Trinajstić information content (AvgIpc) is 2.32. The molecule has 5 heteroatoms. The summed E-state index contributed by atoms with van der Waals surface area (Å²) in [5, 5.41) is 0. The smallest absolute Gasteiger partial charge is 0.282 e. The predicted molar refractivity (Wildman–Crippen MR) is 78.2 cm³/mol. The minimum Gasteiger partial charge on any atom is -0.282 e. The molecule has 0 aliphatic carbocycles. The lowest BCUT2D eigenvalue weighted by Gasteiger charge is -2.03. The first-order valence-electron chi connectivity index (χ1n) is 5.26. The van der Waals surface area contributed by atoms with Gasteiger partial charge in [-0.2, -0.15) is 8.42 Å². The van der Waals surface area contributed by atoms with Crippen molar-refractivity contribution in [3.05, 3.63) is 63.2 Å². The van der Waals surface area contributed by atoms with Crippen molar-refractivity contribution < 1.29 is 13.0 Å². The van der Waals surface area contributed by atoms with E-state index < -0.39 is 10.1 Å². The molecule has 0 aromatic heterocycles. The van der Waals surface area contributed by atoms with Crippen molar-refractivity contribution in [1.29, 1.82) is 0 Å². The van der Waals surface area contributed by atoms with Gasteiger partial charge in [-0.1, -0.05) is 24.3 Å². The molecule has 0 bridgehead atoms. The molecule has 0 fully saturated rings. The molecule has 0 aliphatic rings. The zero-order valence-corrected chi connectivity index (χ0v) is 12.3. The first-order chi connectivity index (χ1) is 8.45. The number of hydrogen-bond donors (Lipinski definition) is 1. The van der Waals surface area contributed by atoms with E-state index in [0.29, 0.717) is 0 Å². The highest BCUT2D eigenvalue weighted by atomic mass is 127. The van der Waals surface area contributed by atoms with Crippen LogP contribution in [0.3, 0.4) is 0 Å². The molecule has 0 unspecified atom stereocenters. The van der Waals surface area contributed by atoms with E-state index in [4.69, 9.17) is 4.55 Å². The SMILES string of the molecule is O=S(=O)(O)c1ccc(Cc2ccc(I)cc2)cc1. The van der Waals surface area contributed by atoms with E-state index in [1.54, 1.807) is 12.1 Å². The third kappa shape index (κ3) is 3.54. The summed E-state index contributed by atoms with van der Waals surface area (Å²) < 4.78 is 31.8. The number of benzene rings is 2. The molecule has 2 aromatic carbocycles. The molecule has 1 N–H and O–H groups in total. The van der Waals surface area contributed by atoms with E-state index in [9.17, 15) is 8.42 Å². The van der Waals surface area contributed by atoms with Crippen LogP contribution in [-0.2, 0) is 16.5 Å². The molecule has 0 radical (unpaired) electrons. The molecule has 94 valence electrons. The van der Waals surface area contributed by atoms with Crippen LogP contribution >= 0.6 is 22.6 Å². The number of halogens is 1. The Hall–Kier alpha value is -0.920. The van der Waals surface area contributed by atoms with Crippen molar-refractivity contribution in [3.8, 4) is 0 Å². The van der Waals surface area contributed by atoms with Crippen molar-refractivity contribution in [2.24, 2.45) is 0 Å². The van der Waals surface area contributed by atoms with Crippen LogP contribution in [-0.4, -0.2) is 13.0 Å². The van der Waals surface area contributed by atoms with Crippen LogP contribution in [0.25, 0.3) is 0 Å². The molecule has 0 saturated heterocycles. The molecule has 18 heavy (non-hydrogen) atoms. The highest BCUT2D eigenvalue weighted by molar-refractivity contribution is 14.1. The van der Waals surface area contributed by atoms with Crippen molar-refractivity contribution >= 4 is 32.7 Å². The van der Waals surface area contributed by atoms with Gasteiger partial charge >= 0.3 is 0 Å². The van der Waals surface area contributed by atoms with E-state index in [-0.39, 0.29) is 4.90 Å². The summed E-state index contributed by atoms with van der Waals surface area (Å²) in [5.41, 5.74) is 2.17. The van der Waals surface area contributed by atoms with E-state index >= 15 is 0 Å². The molecule has 0 heterocycles. The summed E-state index contributed by atoms with van der Waals surface area (Å²) >= 11 is 2.25. The molecule has 2 rings (SSSR count). The van der Waals surface area contributed by atoms with Crippen LogP contribution in [0.15, 0.2) is 53.4 Å². The monoisotopic (exact) mass is 374 g/mol. The van der Waals surface area contributed by atoms with Crippen LogP contribution in [0.5, 0.6) is 0 Å². The van der Waals surface area contributed by atoms with Gasteiger partial charge in [0.1, 0.15) is 0 Å². The summed E-state index contributed by atoms with van der Waals surface area (Å²) in [6, 6.07) is 14.4. The predicted octanol–water partition coefficient (Wildman–Crippen LogP) is 3.13. The standard InChI is InChI=1S/C13H11IO3S/c14-12-5-1-10(2-6-12)9-11-3-7-13(8-4-11)18(15,16)17/h1-8H,9H2,(H,15,16,17). The fraction of sp³-hybridized carbons (Fsp3) is 0.0769. The first-order valence-corrected chi connectivity index (χ1v) is 7.78. The van der Waals surface area contributed by atoms with Gasteiger partial charge in [0.15, 0.2) is 0 Å². The van der Waals surface area contributed by atoms with Gasteiger partial charge in [-0.15, -0.1) is 0 Å². The van der Waals surface area contributed by atoms with Crippen molar-refractivity contribution in [2.75, 3.05) is 0 Å². The summed E-state index contributed by atoms with van der Waals surface area (Å²) in [5.74, 6) is 0. The van der Waals surface area contributed by atoms with Crippen molar-refractivity contribution in [3.63, 3.8) is 0 Å². The Kier molecular flexibility index (Phi) is 4.04. The van der Waals surface area contributed by atoms with Crippen LogP contribution in [0, 0.1) is 3.57 Å². The third-order valence-electron chi connectivity index (χ3n) is 2.54. The van der Waals surface area contributed by atoms with Gasteiger partial charge < -0.3 is 0 Å². The fourth-order valence-electron chi connectivity index (χ4n) is 1.62. The highest BCUT2D eigenvalue weighted by Crippen LogP contribution is 2.14. The van der Waals surface area contributed by atoms with E-state index in [1.807, 2.05) is 24.3 Å². The largest absolute Gasteiger partial charge is 0.294 e. The highest BCUT2D eigenvalue weighted by Gasteiger charge is 2.08. The molecule has 0 spiro atoms. The van der Waals surface area contributed by atoms with Crippen molar-refractivity contribution in [1.82, 2.24) is 0 Å². The van der Waals surface area contributed by atoms with Gasteiger partial charge in [-0.25, -0.2) is 0 Å².